The normalized spacial score (nSPS) is 52.3. The van der Waals surface area contributed by atoms with Gasteiger partial charge in [0, 0.05) is 6.04 Å². The van der Waals surface area contributed by atoms with Crippen LogP contribution in [-0.2, 0) is 4.79 Å². The highest BCUT2D eigenvalue weighted by Gasteiger charge is 2.59. The number of rotatable bonds is 2. The highest BCUT2D eigenvalue weighted by molar-refractivity contribution is 5.84. The highest BCUT2D eigenvalue weighted by atomic mass is 16.2. The molecular formula is C18H25N3O. The molecule has 1 aliphatic heterocycles. The third kappa shape index (κ3) is 1.69. The summed E-state index contributed by atoms with van der Waals surface area (Å²) in [6, 6.07) is 2.09. The van der Waals surface area contributed by atoms with Crippen LogP contribution >= 0.6 is 0 Å². The van der Waals surface area contributed by atoms with Crippen molar-refractivity contribution in [2.45, 2.75) is 69.5 Å². The van der Waals surface area contributed by atoms with Gasteiger partial charge in [0.2, 0.25) is 5.91 Å². The maximum atomic E-state index is 13.1. The summed E-state index contributed by atoms with van der Waals surface area (Å²) in [6.07, 6.45) is 9.55. The highest BCUT2D eigenvalue weighted by Crippen LogP contribution is 2.61. The van der Waals surface area contributed by atoms with Crippen LogP contribution in [0.4, 0.5) is 0 Å². The fraction of sp³-hybridized carbons (Fsp3) is 0.889. The Kier molecular flexibility index (Phi) is 2.59. The zero-order chi connectivity index (χ0) is 15.1. The number of hydrogen-bond donors (Lipinski definition) is 1. The van der Waals surface area contributed by atoms with Crippen LogP contribution in [0.1, 0.15) is 51.4 Å². The lowest BCUT2D eigenvalue weighted by atomic mass is 9.47. The van der Waals surface area contributed by atoms with Gasteiger partial charge in [-0.2, -0.15) is 5.26 Å². The number of nitrogens with two attached hydrogens (primary N) is 1. The maximum Gasteiger partial charge on any atom is 0.241 e. The van der Waals surface area contributed by atoms with Gasteiger partial charge in [0.25, 0.3) is 0 Å². The first-order chi connectivity index (χ1) is 10.6. The van der Waals surface area contributed by atoms with Crippen molar-refractivity contribution in [1.82, 2.24) is 4.90 Å². The van der Waals surface area contributed by atoms with E-state index in [4.69, 9.17) is 5.73 Å². The Morgan fingerprint density at radius 3 is 2.23 bits per heavy atom. The van der Waals surface area contributed by atoms with Gasteiger partial charge >= 0.3 is 0 Å². The van der Waals surface area contributed by atoms with Crippen LogP contribution in [0, 0.1) is 40.4 Å². The molecule has 1 amide bonds. The number of nitrogens with zero attached hydrogens (tertiary/aromatic N) is 2. The van der Waals surface area contributed by atoms with E-state index in [0.717, 1.165) is 49.9 Å². The molecule has 0 aromatic heterocycles. The zero-order valence-electron chi connectivity index (χ0n) is 13.1. The molecule has 2 unspecified atom stereocenters. The molecule has 5 saturated carbocycles. The van der Waals surface area contributed by atoms with E-state index in [9.17, 15) is 10.1 Å². The van der Waals surface area contributed by atoms with Crippen LogP contribution in [0.3, 0.4) is 0 Å². The van der Waals surface area contributed by atoms with Crippen molar-refractivity contribution >= 4 is 5.91 Å². The van der Waals surface area contributed by atoms with E-state index in [-0.39, 0.29) is 23.4 Å². The van der Waals surface area contributed by atoms with Crippen LogP contribution < -0.4 is 5.73 Å². The molecule has 1 heterocycles. The first kappa shape index (κ1) is 13.4. The number of likely N-dealkylation sites (tertiary alicyclic amines) is 1. The molecule has 6 aliphatic rings. The SMILES string of the molecule is N#C[C@@H]1CC2CC2N1C(=O)[C@@H](N)C12CC3CC(CC(C3)C1)C2. The quantitative estimate of drug-likeness (QED) is 0.848. The zero-order valence-corrected chi connectivity index (χ0v) is 13.1. The lowest BCUT2D eigenvalue weighted by Gasteiger charge is -2.58. The van der Waals surface area contributed by atoms with Gasteiger partial charge in [0.1, 0.15) is 6.04 Å². The predicted octanol–water partition coefficient (Wildman–Crippen LogP) is 2.04. The van der Waals surface area contributed by atoms with Gasteiger partial charge in [0.05, 0.1) is 12.1 Å². The Labute approximate surface area is 132 Å². The standard InChI is InChI=1S/C18H25N3O/c19-9-14-4-13-5-15(13)21(14)17(22)16(20)18-6-10-1-11(7-18)3-12(2-10)8-18/h10-16H,1-8,20H2/t10?,11?,12?,13?,14-,15?,16+,18?/m0/s1. The van der Waals surface area contributed by atoms with Crippen molar-refractivity contribution in [2.75, 3.05) is 0 Å². The Hall–Kier alpha value is -1.08. The molecule has 0 aromatic carbocycles. The van der Waals surface area contributed by atoms with Gasteiger partial charge in [-0.3, -0.25) is 4.79 Å². The molecule has 5 aliphatic carbocycles. The van der Waals surface area contributed by atoms with Crippen molar-refractivity contribution in [2.24, 2.45) is 34.8 Å². The second-order valence-electron chi connectivity index (χ2n) is 8.95. The average molecular weight is 299 g/mol. The van der Waals surface area contributed by atoms with Crippen LogP contribution in [0.15, 0.2) is 0 Å². The second-order valence-corrected chi connectivity index (χ2v) is 8.95. The Bertz CT molecular complexity index is 530. The summed E-state index contributed by atoms with van der Waals surface area (Å²) in [4.78, 5) is 15.0. The van der Waals surface area contributed by atoms with Crippen molar-refractivity contribution in [1.29, 1.82) is 5.26 Å². The summed E-state index contributed by atoms with van der Waals surface area (Å²) >= 11 is 0. The first-order valence-electron chi connectivity index (χ1n) is 9.07. The molecule has 4 nitrogen and oxygen atoms in total. The molecule has 118 valence electrons. The molecule has 2 N–H and O–H groups in total. The fourth-order valence-electron chi connectivity index (χ4n) is 6.87. The third-order valence-corrected chi connectivity index (χ3v) is 7.52. The summed E-state index contributed by atoms with van der Waals surface area (Å²) in [7, 11) is 0. The minimum atomic E-state index is -0.365. The molecule has 0 aromatic rings. The van der Waals surface area contributed by atoms with Crippen LogP contribution in [0.25, 0.3) is 0 Å². The van der Waals surface area contributed by atoms with Crippen molar-refractivity contribution in [3.63, 3.8) is 0 Å². The molecule has 22 heavy (non-hydrogen) atoms. The Morgan fingerprint density at radius 2 is 1.68 bits per heavy atom. The van der Waals surface area contributed by atoms with E-state index in [1.165, 1.54) is 19.3 Å². The smallest absolute Gasteiger partial charge is 0.241 e. The van der Waals surface area contributed by atoms with Crippen LogP contribution in [0.5, 0.6) is 0 Å². The predicted molar refractivity (Wildman–Crippen MR) is 81.3 cm³/mol. The largest absolute Gasteiger partial charge is 0.322 e. The van der Waals surface area contributed by atoms with Gasteiger partial charge in [-0.05, 0) is 80.5 Å². The summed E-state index contributed by atoms with van der Waals surface area (Å²) in [5, 5.41) is 9.35. The summed E-state index contributed by atoms with van der Waals surface area (Å²) in [6.45, 7) is 0. The average Bonchev–Trinajstić information content (AvgIpc) is 3.15. The Balaban J connectivity index is 1.41. The maximum absolute atomic E-state index is 13.1. The topological polar surface area (TPSA) is 70.1 Å². The molecule has 0 spiro atoms. The van der Waals surface area contributed by atoms with Crippen molar-refractivity contribution in [3.05, 3.63) is 0 Å². The molecule has 6 fully saturated rings. The number of nitriles is 1. The van der Waals surface area contributed by atoms with E-state index in [1.54, 1.807) is 0 Å². The molecular weight excluding hydrogens is 274 g/mol. The van der Waals surface area contributed by atoms with E-state index in [2.05, 4.69) is 6.07 Å². The summed E-state index contributed by atoms with van der Waals surface area (Å²) in [5.74, 6) is 3.10. The van der Waals surface area contributed by atoms with Gasteiger partial charge in [-0.1, -0.05) is 0 Å². The minimum absolute atomic E-state index is 0.0544. The number of carbonyl (C=O) groups is 1. The number of piperidine rings is 1. The molecule has 4 heteroatoms. The van der Waals surface area contributed by atoms with E-state index in [1.807, 2.05) is 4.90 Å². The number of amides is 1. The lowest BCUT2D eigenvalue weighted by molar-refractivity contribution is -0.144. The molecule has 1 saturated heterocycles. The van der Waals surface area contributed by atoms with Gasteiger partial charge in [0.15, 0.2) is 0 Å². The number of carbonyl (C=O) groups excluding carboxylic acids is 1. The van der Waals surface area contributed by atoms with Gasteiger partial charge in [-0.25, -0.2) is 0 Å². The lowest BCUT2D eigenvalue weighted by Crippen LogP contribution is -2.60. The fourth-order valence-corrected chi connectivity index (χ4v) is 6.87. The Morgan fingerprint density at radius 1 is 1.09 bits per heavy atom. The second kappa shape index (κ2) is 4.26. The number of fused-ring (bicyclic) bond motifs is 1. The molecule has 4 bridgehead atoms. The monoisotopic (exact) mass is 299 g/mol. The molecule has 0 radical (unpaired) electrons. The van der Waals surface area contributed by atoms with Crippen LogP contribution in [-0.4, -0.2) is 28.9 Å². The van der Waals surface area contributed by atoms with Crippen molar-refractivity contribution in [3.8, 4) is 6.07 Å². The van der Waals surface area contributed by atoms with Gasteiger partial charge in [-0.15, -0.1) is 0 Å². The summed E-state index contributed by atoms with van der Waals surface area (Å²) in [5.41, 5.74) is 6.65. The molecule has 6 rings (SSSR count). The van der Waals surface area contributed by atoms with Gasteiger partial charge < -0.3 is 10.6 Å². The molecule has 4 atom stereocenters. The third-order valence-electron chi connectivity index (χ3n) is 7.52. The van der Waals surface area contributed by atoms with E-state index < -0.39 is 0 Å². The summed E-state index contributed by atoms with van der Waals surface area (Å²) < 4.78 is 0. The number of hydrogen-bond acceptors (Lipinski definition) is 3. The first-order valence-corrected chi connectivity index (χ1v) is 9.07. The van der Waals surface area contributed by atoms with Crippen molar-refractivity contribution < 1.29 is 4.79 Å². The minimum Gasteiger partial charge on any atom is -0.322 e. The van der Waals surface area contributed by atoms with E-state index >= 15 is 0 Å². The van der Waals surface area contributed by atoms with E-state index in [0.29, 0.717) is 12.0 Å². The van der Waals surface area contributed by atoms with Crippen LogP contribution in [0.2, 0.25) is 0 Å².